The van der Waals surface area contributed by atoms with Gasteiger partial charge in [-0.3, -0.25) is 14.4 Å². The van der Waals surface area contributed by atoms with Crippen LogP contribution in [-0.4, -0.2) is 66.2 Å². The van der Waals surface area contributed by atoms with E-state index in [9.17, 15) is 14.4 Å². The van der Waals surface area contributed by atoms with E-state index >= 15 is 0 Å². The monoisotopic (exact) mass is 282 g/mol. The molecule has 0 heterocycles. The fourth-order valence-electron chi connectivity index (χ4n) is 0.859. The third-order valence-electron chi connectivity index (χ3n) is 1.22. The van der Waals surface area contributed by atoms with Gasteiger partial charge in [0.1, 0.15) is 23.3 Å². The second-order valence-corrected chi connectivity index (χ2v) is 2.26. The molecule has 0 aliphatic heterocycles. The molecule has 4 heteroatoms. The van der Waals surface area contributed by atoms with Crippen LogP contribution in [0.25, 0.3) is 0 Å². The molecule has 0 N–H and O–H groups in total. The van der Waals surface area contributed by atoms with Crippen molar-refractivity contribution < 1.29 is 14.4 Å². The number of Topliss-reactive ketones (excluding diaryl/α,β-unsaturated/α-hetero) is 3. The van der Waals surface area contributed by atoms with Gasteiger partial charge in [-0.05, 0) is 20.8 Å². The van der Waals surface area contributed by atoms with Gasteiger partial charge in [0.15, 0.2) is 0 Å². The summed E-state index contributed by atoms with van der Waals surface area (Å²) in [4.78, 5) is 31.8. The molecule has 0 aliphatic carbocycles. The van der Waals surface area contributed by atoms with Crippen LogP contribution in [0.5, 0.6) is 0 Å². The minimum atomic E-state index is -1.03. The van der Waals surface area contributed by atoms with Crippen LogP contribution in [0, 0.1) is 5.92 Å². The van der Waals surface area contributed by atoms with Gasteiger partial charge in [-0.2, -0.15) is 0 Å². The molecule has 0 bridgehead atoms. The van der Waals surface area contributed by atoms with Crippen molar-refractivity contribution in [1.82, 2.24) is 0 Å². The van der Waals surface area contributed by atoms with Crippen LogP contribution in [0.15, 0.2) is 0 Å². The SMILES string of the molecule is CC(=O)C(C(C)=O)C(C)=O.[BaH2]. The molecule has 0 fully saturated rings. The zero-order valence-corrected chi connectivity index (χ0v) is 6.30. The van der Waals surface area contributed by atoms with E-state index in [0.717, 1.165) is 0 Å². The molecular weight excluding hydrogens is 269 g/mol. The molecule has 0 rings (SSSR count). The van der Waals surface area contributed by atoms with Gasteiger partial charge in [-0.1, -0.05) is 0 Å². The summed E-state index contributed by atoms with van der Waals surface area (Å²) in [7, 11) is 0. The van der Waals surface area contributed by atoms with Gasteiger partial charge in [0.2, 0.25) is 0 Å². The normalized spacial score (nSPS) is 8.73. The summed E-state index contributed by atoms with van der Waals surface area (Å²) in [6.45, 7) is 3.73. The maximum atomic E-state index is 10.6. The van der Waals surface area contributed by atoms with E-state index < -0.39 is 5.92 Å². The predicted molar refractivity (Wildman–Crippen MR) is 44.1 cm³/mol. The summed E-state index contributed by atoms with van der Waals surface area (Å²) in [5.41, 5.74) is 0. The standard InChI is InChI=1S/C7H10O3.Ba.2H/c1-4(8)7(5(2)9)6(3)10;;;/h7H,1-3H3;;;. The van der Waals surface area contributed by atoms with E-state index in [4.69, 9.17) is 0 Å². The molecule has 0 saturated heterocycles. The topological polar surface area (TPSA) is 51.2 Å². The first kappa shape index (κ1) is 14.1. The quantitative estimate of drug-likeness (QED) is 0.515. The van der Waals surface area contributed by atoms with Crippen molar-refractivity contribution in [2.45, 2.75) is 20.8 Å². The fraction of sp³-hybridized carbons (Fsp3) is 0.571. The van der Waals surface area contributed by atoms with Crippen LogP contribution < -0.4 is 0 Å². The van der Waals surface area contributed by atoms with Crippen LogP contribution in [0.2, 0.25) is 0 Å². The van der Waals surface area contributed by atoms with Crippen molar-refractivity contribution in [2.75, 3.05) is 0 Å². The van der Waals surface area contributed by atoms with Gasteiger partial charge in [-0.25, -0.2) is 0 Å². The Hall–Kier alpha value is 0.581. The average molecular weight is 281 g/mol. The summed E-state index contributed by atoms with van der Waals surface area (Å²) in [5, 5.41) is 0. The van der Waals surface area contributed by atoms with Crippen molar-refractivity contribution in [3.8, 4) is 0 Å². The Balaban J connectivity index is 0. The second-order valence-electron chi connectivity index (χ2n) is 2.26. The molecule has 0 amide bonds. The molecule has 3 nitrogen and oxygen atoms in total. The van der Waals surface area contributed by atoms with Crippen LogP contribution >= 0.6 is 0 Å². The molecule has 11 heavy (non-hydrogen) atoms. The Morgan fingerprint density at radius 2 is 1.00 bits per heavy atom. The number of carbonyl (C=O) groups excluding carboxylic acids is 3. The first-order valence-electron chi connectivity index (χ1n) is 2.98. The molecule has 0 radical (unpaired) electrons. The summed E-state index contributed by atoms with van der Waals surface area (Å²) >= 11 is 0. The van der Waals surface area contributed by atoms with Crippen LogP contribution in [0.4, 0.5) is 0 Å². The van der Waals surface area contributed by atoms with Gasteiger partial charge in [-0.15, -0.1) is 0 Å². The molecule has 0 atom stereocenters. The maximum absolute atomic E-state index is 10.6. The molecule has 0 aromatic rings. The van der Waals surface area contributed by atoms with E-state index in [2.05, 4.69) is 0 Å². The Morgan fingerprint density at radius 3 is 1.00 bits per heavy atom. The van der Waals surface area contributed by atoms with Crippen molar-refractivity contribution in [1.29, 1.82) is 0 Å². The molecule has 0 spiro atoms. The van der Waals surface area contributed by atoms with Gasteiger partial charge < -0.3 is 0 Å². The third-order valence-corrected chi connectivity index (χ3v) is 1.22. The average Bonchev–Trinajstić information content (AvgIpc) is 1.59. The van der Waals surface area contributed by atoms with E-state index in [-0.39, 0.29) is 66.2 Å². The summed E-state index contributed by atoms with van der Waals surface area (Å²) in [5.74, 6) is -2.15. The van der Waals surface area contributed by atoms with Crippen molar-refractivity contribution in [3.63, 3.8) is 0 Å². The minimum absolute atomic E-state index is 0. The van der Waals surface area contributed by atoms with E-state index in [0.29, 0.717) is 0 Å². The number of hydrogen-bond acceptors (Lipinski definition) is 3. The molecule has 0 aliphatic rings. The Bertz CT molecular complexity index is 153. The summed E-state index contributed by atoms with van der Waals surface area (Å²) in [6, 6.07) is 0. The Morgan fingerprint density at radius 1 is 0.818 bits per heavy atom. The van der Waals surface area contributed by atoms with Crippen LogP contribution in [0.1, 0.15) is 20.8 Å². The van der Waals surface area contributed by atoms with Crippen molar-refractivity contribution in [2.24, 2.45) is 5.92 Å². The molecule has 0 saturated carbocycles. The van der Waals surface area contributed by atoms with Crippen LogP contribution in [-0.2, 0) is 14.4 Å². The number of ketones is 3. The predicted octanol–water partition coefficient (Wildman–Crippen LogP) is -0.547. The first-order chi connectivity index (χ1) is 4.46. The van der Waals surface area contributed by atoms with Gasteiger partial charge in [0, 0.05) is 0 Å². The first-order valence-corrected chi connectivity index (χ1v) is 2.98. The second kappa shape index (κ2) is 6.14. The van der Waals surface area contributed by atoms with Gasteiger partial charge in [0.05, 0.1) is 0 Å². The van der Waals surface area contributed by atoms with Crippen molar-refractivity contribution >= 4 is 66.2 Å². The van der Waals surface area contributed by atoms with Gasteiger partial charge in [0.25, 0.3) is 0 Å². The molecule has 60 valence electrons. The summed E-state index contributed by atoms with van der Waals surface area (Å²) in [6.07, 6.45) is 0. The molecule has 0 unspecified atom stereocenters. The zero-order valence-electron chi connectivity index (χ0n) is 6.30. The molecule has 0 aromatic heterocycles. The van der Waals surface area contributed by atoms with E-state index in [1.807, 2.05) is 0 Å². The molecule has 0 aromatic carbocycles. The fourth-order valence-corrected chi connectivity index (χ4v) is 0.859. The third kappa shape index (κ3) is 4.92. The summed E-state index contributed by atoms with van der Waals surface area (Å²) < 4.78 is 0. The Labute approximate surface area is 106 Å². The van der Waals surface area contributed by atoms with E-state index in [1.165, 1.54) is 20.8 Å². The van der Waals surface area contributed by atoms with Gasteiger partial charge >= 0.3 is 48.9 Å². The van der Waals surface area contributed by atoms with E-state index in [1.54, 1.807) is 0 Å². The van der Waals surface area contributed by atoms with Crippen LogP contribution in [0.3, 0.4) is 0 Å². The number of rotatable bonds is 3. The molecular formula is C7H12BaO3. The zero-order chi connectivity index (χ0) is 8.31. The number of carbonyl (C=O) groups is 3. The Kier molecular flexibility index (Phi) is 7.88. The van der Waals surface area contributed by atoms with Crippen molar-refractivity contribution in [3.05, 3.63) is 0 Å². The number of hydrogen-bond donors (Lipinski definition) is 0.